The van der Waals surface area contributed by atoms with E-state index < -0.39 is 94.9 Å². The van der Waals surface area contributed by atoms with Gasteiger partial charge in [-0.2, -0.15) is 0 Å². The van der Waals surface area contributed by atoms with E-state index in [-0.39, 0.29) is 0 Å². The summed E-state index contributed by atoms with van der Waals surface area (Å²) in [4.78, 5) is 68.7. The van der Waals surface area contributed by atoms with Gasteiger partial charge in [0.2, 0.25) is 6.10 Å². The number of carbonyl (C=O) groups is 2. The van der Waals surface area contributed by atoms with Crippen molar-refractivity contribution in [3.8, 4) is 11.1 Å². The Kier molecular flexibility index (Phi) is 8.57. The first kappa shape index (κ1) is 29.2. The minimum Gasteiger partial charge on any atom is -0.481 e. The fraction of sp³-hybridized carbons (Fsp3) is 0.0870. The number of benzene rings is 3. The number of nitro benzene ring substituents is 4. The highest BCUT2D eigenvalue weighted by atomic mass is 16.7. The van der Waals surface area contributed by atoms with Crippen LogP contribution in [0.4, 0.5) is 22.7 Å². The monoisotopic (exact) mass is 569 g/mol. The molecule has 0 heterocycles. The van der Waals surface area contributed by atoms with E-state index in [0.717, 1.165) is 12.1 Å². The third kappa shape index (κ3) is 6.39. The van der Waals surface area contributed by atoms with Crippen molar-refractivity contribution in [2.75, 3.05) is 0 Å². The van der Waals surface area contributed by atoms with Gasteiger partial charge in [-0.15, -0.1) is 0 Å². The van der Waals surface area contributed by atoms with Crippen LogP contribution in [-0.4, -0.2) is 53.7 Å². The number of fused-ring (bicyclic) bond motifs is 3. The molecule has 3 aromatic carbocycles. The van der Waals surface area contributed by atoms with Crippen molar-refractivity contribution < 1.29 is 44.3 Å². The predicted molar refractivity (Wildman–Crippen MR) is 135 cm³/mol. The summed E-state index contributed by atoms with van der Waals surface area (Å²) in [6.45, 7) is 0. The van der Waals surface area contributed by atoms with Crippen LogP contribution in [0.2, 0.25) is 0 Å². The van der Waals surface area contributed by atoms with E-state index in [2.05, 4.69) is 5.16 Å². The molecular weight excluding hydrogens is 554 g/mol. The molecule has 41 heavy (non-hydrogen) atoms. The van der Waals surface area contributed by atoms with Gasteiger partial charge in [-0.25, -0.2) is 4.79 Å². The van der Waals surface area contributed by atoms with Crippen LogP contribution >= 0.6 is 0 Å². The van der Waals surface area contributed by atoms with Crippen molar-refractivity contribution in [1.29, 1.82) is 0 Å². The van der Waals surface area contributed by atoms with Crippen LogP contribution in [0.15, 0.2) is 65.8 Å². The topological polar surface area (TPSA) is 269 Å². The molecule has 18 nitrogen and oxygen atoms in total. The highest BCUT2D eigenvalue weighted by molar-refractivity contribution is 6.28. The minimum atomic E-state index is -2.12. The van der Waals surface area contributed by atoms with Gasteiger partial charge in [-0.05, 0) is 0 Å². The van der Waals surface area contributed by atoms with Crippen molar-refractivity contribution in [3.05, 3.63) is 112 Å². The third-order valence-electron chi connectivity index (χ3n) is 5.36. The lowest BCUT2D eigenvalue weighted by Gasteiger charge is -2.09. The molecule has 1 aliphatic rings. The summed E-state index contributed by atoms with van der Waals surface area (Å²) in [6.07, 6.45) is -3.24. The van der Waals surface area contributed by atoms with Gasteiger partial charge in [0.05, 0.1) is 49.4 Å². The molecule has 4 rings (SSSR count). The second-order valence-corrected chi connectivity index (χ2v) is 7.93. The average Bonchev–Trinajstić information content (AvgIpc) is 3.24. The van der Waals surface area contributed by atoms with Gasteiger partial charge in [-0.1, -0.05) is 41.6 Å². The highest BCUT2D eigenvalue weighted by Gasteiger charge is 2.42. The maximum atomic E-state index is 11.7. The summed E-state index contributed by atoms with van der Waals surface area (Å²) < 4.78 is 0. The first-order valence-corrected chi connectivity index (χ1v) is 11.0. The maximum Gasteiger partial charge on any atom is 0.348 e. The smallest absolute Gasteiger partial charge is 0.348 e. The Morgan fingerprint density at radius 1 is 0.707 bits per heavy atom. The van der Waals surface area contributed by atoms with Crippen LogP contribution in [0.3, 0.4) is 0 Å². The van der Waals surface area contributed by atoms with Gasteiger partial charge in [-0.3, -0.25) is 45.3 Å². The summed E-state index contributed by atoms with van der Waals surface area (Å²) in [5.41, 5.74) is -6.38. The zero-order chi connectivity index (χ0) is 30.4. The Labute approximate surface area is 226 Å². The molecule has 210 valence electrons. The quantitative estimate of drug-likeness (QED) is 0.215. The molecule has 2 N–H and O–H groups in total. The van der Waals surface area contributed by atoms with Gasteiger partial charge in [0.1, 0.15) is 5.71 Å². The molecule has 0 aromatic heterocycles. The first-order valence-electron chi connectivity index (χ1n) is 11.0. The van der Waals surface area contributed by atoms with Gasteiger partial charge in [0, 0.05) is 23.3 Å². The van der Waals surface area contributed by atoms with Gasteiger partial charge < -0.3 is 15.1 Å². The van der Waals surface area contributed by atoms with Crippen LogP contribution in [-0.2, 0) is 14.4 Å². The van der Waals surface area contributed by atoms with E-state index in [4.69, 9.17) is 15.1 Å². The number of nitrogens with zero attached hydrogens (tertiary/aromatic N) is 5. The average molecular weight is 569 g/mol. The summed E-state index contributed by atoms with van der Waals surface area (Å²) in [5.74, 6) is -3.42. The summed E-state index contributed by atoms with van der Waals surface area (Å²) >= 11 is 0. The molecule has 1 aliphatic carbocycles. The number of carboxylic acid groups (broad SMARTS) is 2. The predicted octanol–water partition coefficient (Wildman–Crippen LogP) is 3.68. The van der Waals surface area contributed by atoms with E-state index in [1.165, 1.54) is 0 Å². The number of hydrogen-bond donors (Lipinski definition) is 2. The molecule has 0 aliphatic heterocycles. The van der Waals surface area contributed by atoms with E-state index >= 15 is 0 Å². The van der Waals surface area contributed by atoms with Crippen molar-refractivity contribution in [2.45, 2.75) is 12.5 Å². The lowest BCUT2D eigenvalue weighted by Crippen LogP contribution is -2.25. The van der Waals surface area contributed by atoms with E-state index in [9.17, 15) is 50.0 Å². The van der Waals surface area contributed by atoms with E-state index in [1.807, 2.05) is 36.4 Å². The molecule has 1 unspecified atom stereocenters. The Balaban J connectivity index is 0.000000681. The van der Waals surface area contributed by atoms with Crippen molar-refractivity contribution >= 4 is 40.4 Å². The zero-order valence-corrected chi connectivity index (χ0v) is 20.2. The number of rotatable bonds is 9. The summed E-state index contributed by atoms with van der Waals surface area (Å²) in [5, 5.41) is 67.4. The number of oxime groups is 1. The van der Waals surface area contributed by atoms with Crippen LogP contribution in [0.1, 0.15) is 17.5 Å². The number of aliphatic carboxylic acids is 2. The number of non-ortho nitro benzene ring substituents is 2. The Morgan fingerprint density at radius 3 is 1.39 bits per heavy atom. The fourth-order valence-electron chi connectivity index (χ4n) is 3.69. The third-order valence-corrected chi connectivity index (χ3v) is 5.36. The van der Waals surface area contributed by atoms with Gasteiger partial charge >= 0.3 is 11.9 Å². The normalized spacial score (nSPS) is 11.6. The first-order chi connectivity index (χ1) is 19.3. The van der Waals surface area contributed by atoms with Crippen LogP contribution in [0.25, 0.3) is 11.1 Å². The molecule has 18 heteroatoms. The Bertz CT molecular complexity index is 1510. The molecule has 0 saturated carbocycles. The lowest BCUT2D eigenvalue weighted by molar-refractivity contribution is -0.394. The molecule has 1 atom stereocenters. The Morgan fingerprint density at radius 2 is 1.10 bits per heavy atom. The zero-order valence-electron chi connectivity index (χ0n) is 20.2. The summed E-state index contributed by atoms with van der Waals surface area (Å²) in [6, 6.07) is 14.5. The molecule has 0 saturated heterocycles. The standard InChI is InChI=1S/C17H9N5O13.C6H6/c23-13(24)5-12(17(25)26)35-18-16-14-8(1-6(19(27)28)3-10(14)21(31)32)9-2-7(20(29)30)4-11(15(9)16)22(33)34;1-2-4-6-5-3-1/h1-4,12H,5H2,(H,23,24)(H,25,26);1-6H. The number of hydrogen-bond acceptors (Lipinski definition) is 12. The van der Waals surface area contributed by atoms with Gasteiger partial charge in [0.15, 0.2) is 0 Å². The molecule has 3 aromatic rings. The van der Waals surface area contributed by atoms with Crippen LogP contribution in [0, 0.1) is 40.5 Å². The largest absolute Gasteiger partial charge is 0.481 e. The van der Waals surface area contributed by atoms with Gasteiger partial charge in [0.25, 0.3) is 22.7 Å². The fourth-order valence-corrected chi connectivity index (χ4v) is 3.69. The summed E-state index contributed by atoms with van der Waals surface area (Å²) in [7, 11) is 0. The second kappa shape index (κ2) is 12.0. The SMILES string of the molecule is O=C(O)CC(ON=C1c2c(cc([N+](=O)[O-])cc2[N+](=O)[O-])-c2cc([N+](=O)[O-])cc([N+](=O)[O-])c21)C(=O)O.c1ccccc1. The minimum absolute atomic E-state index is 0.417. The second-order valence-electron chi connectivity index (χ2n) is 7.93. The number of nitro groups is 4. The van der Waals surface area contributed by atoms with Crippen LogP contribution in [0.5, 0.6) is 0 Å². The molecule has 0 amide bonds. The van der Waals surface area contributed by atoms with Crippen molar-refractivity contribution in [3.63, 3.8) is 0 Å². The molecule has 0 radical (unpaired) electrons. The van der Waals surface area contributed by atoms with E-state index in [1.54, 1.807) is 0 Å². The molecular formula is C23H15N5O13. The lowest BCUT2D eigenvalue weighted by atomic mass is 10.0. The maximum absolute atomic E-state index is 11.7. The highest BCUT2D eigenvalue weighted by Crippen LogP contribution is 2.48. The van der Waals surface area contributed by atoms with Crippen LogP contribution < -0.4 is 0 Å². The van der Waals surface area contributed by atoms with Crippen molar-refractivity contribution in [2.24, 2.45) is 5.16 Å². The van der Waals surface area contributed by atoms with Crippen molar-refractivity contribution in [1.82, 2.24) is 0 Å². The van der Waals surface area contributed by atoms with E-state index in [0.29, 0.717) is 12.1 Å². The molecule has 0 fully saturated rings. The Hall–Kier alpha value is -6.33. The molecule has 0 spiro atoms. The number of carboxylic acids is 2. The molecule has 0 bridgehead atoms.